The molecule has 0 spiro atoms. The lowest BCUT2D eigenvalue weighted by molar-refractivity contribution is 0.0183. The Morgan fingerprint density at radius 3 is 2.72 bits per heavy atom. The summed E-state index contributed by atoms with van der Waals surface area (Å²) < 4.78 is 29.5. The number of aromatic nitrogens is 2. The van der Waals surface area contributed by atoms with Gasteiger partial charge in [-0.25, -0.2) is 18.7 Å². The van der Waals surface area contributed by atoms with E-state index in [2.05, 4.69) is 37.9 Å². The van der Waals surface area contributed by atoms with Gasteiger partial charge >= 0.3 is 0 Å². The smallest absolute Gasteiger partial charge is 0.261 e. The van der Waals surface area contributed by atoms with E-state index >= 15 is 0 Å². The van der Waals surface area contributed by atoms with E-state index in [9.17, 15) is 8.78 Å². The first-order valence-corrected chi connectivity index (χ1v) is 6.75. The molecule has 0 saturated heterocycles. The number of aryl methyl sites for hydroxylation is 1. The minimum atomic E-state index is -2.43. The molecule has 18 heavy (non-hydrogen) atoms. The van der Waals surface area contributed by atoms with Gasteiger partial charge in [0.05, 0.1) is 15.9 Å². The van der Waals surface area contributed by atoms with Gasteiger partial charge in [0.15, 0.2) is 0 Å². The SMILES string of the molecule is CCNc1nc(CCOCC(F)F)nc(C)c1I. The highest BCUT2D eigenvalue weighted by molar-refractivity contribution is 14.1. The highest BCUT2D eigenvalue weighted by Crippen LogP contribution is 2.18. The molecule has 0 atom stereocenters. The Kier molecular flexibility index (Phi) is 6.69. The van der Waals surface area contributed by atoms with Gasteiger partial charge in [0.2, 0.25) is 0 Å². The van der Waals surface area contributed by atoms with Crippen molar-refractivity contribution in [3.63, 3.8) is 0 Å². The summed E-state index contributed by atoms with van der Waals surface area (Å²) >= 11 is 2.18. The molecule has 0 bridgehead atoms. The fourth-order valence-electron chi connectivity index (χ4n) is 1.35. The number of rotatable bonds is 7. The van der Waals surface area contributed by atoms with Gasteiger partial charge in [-0.1, -0.05) is 0 Å². The molecule has 0 aliphatic rings. The van der Waals surface area contributed by atoms with Crippen molar-refractivity contribution in [2.24, 2.45) is 0 Å². The van der Waals surface area contributed by atoms with Crippen molar-refractivity contribution < 1.29 is 13.5 Å². The predicted octanol–water partition coefficient (Wildman–Crippen LogP) is 2.65. The van der Waals surface area contributed by atoms with E-state index in [1.807, 2.05) is 13.8 Å². The van der Waals surface area contributed by atoms with Gasteiger partial charge in [0.1, 0.15) is 18.2 Å². The third-order valence-electron chi connectivity index (χ3n) is 2.12. The third kappa shape index (κ3) is 4.97. The number of alkyl halides is 2. The summed E-state index contributed by atoms with van der Waals surface area (Å²) in [5.74, 6) is 1.40. The van der Waals surface area contributed by atoms with Crippen LogP contribution in [0.15, 0.2) is 0 Å². The van der Waals surface area contributed by atoms with Crippen LogP contribution in [0.5, 0.6) is 0 Å². The second-order valence-corrected chi connectivity index (χ2v) is 4.71. The van der Waals surface area contributed by atoms with Crippen LogP contribution in [-0.2, 0) is 11.2 Å². The van der Waals surface area contributed by atoms with Crippen LogP contribution >= 0.6 is 22.6 Å². The zero-order valence-corrected chi connectivity index (χ0v) is 12.5. The highest BCUT2D eigenvalue weighted by atomic mass is 127. The molecule has 7 heteroatoms. The summed E-state index contributed by atoms with van der Waals surface area (Å²) in [5.41, 5.74) is 0.880. The first-order valence-electron chi connectivity index (χ1n) is 5.67. The Morgan fingerprint density at radius 2 is 2.11 bits per heavy atom. The highest BCUT2D eigenvalue weighted by Gasteiger charge is 2.09. The largest absolute Gasteiger partial charge is 0.375 e. The van der Waals surface area contributed by atoms with Gasteiger partial charge in [0, 0.05) is 13.0 Å². The van der Waals surface area contributed by atoms with Crippen molar-refractivity contribution >= 4 is 28.4 Å². The van der Waals surface area contributed by atoms with E-state index in [1.54, 1.807) is 0 Å². The number of nitrogens with zero attached hydrogens (tertiary/aromatic N) is 2. The average Bonchev–Trinajstić information content (AvgIpc) is 2.31. The molecule has 0 aliphatic heterocycles. The second kappa shape index (κ2) is 7.78. The zero-order valence-electron chi connectivity index (χ0n) is 10.3. The van der Waals surface area contributed by atoms with E-state index in [0.717, 1.165) is 21.6 Å². The molecule has 0 unspecified atom stereocenters. The minimum absolute atomic E-state index is 0.204. The Bertz CT molecular complexity index is 391. The summed E-state index contributed by atoms with van der Waals surface area (Å²) in [6, 6.07) is 0. The Labute approximate surface area is 119 Å². The molecule has 0 aromatic carbocycles. The molecule has 0 aliphatic carbocycles. The fraction of sp³-hybridized carbons (Fsp3) is 0.636. The van der Waals surface area contributed by atoms with E-state index in [0.29, 0.717) is 12.2 Å². The van der Waals surface area contributed by atoms with Crippen molar-refractivity contribution in [2.45, 2.75) is 26.7 Å². The molecule has 1 heterocycles. The monoisotopic (exact) mass is 371 g/mol. The summed E-state index contributed by atoms with van der Waals surface area (Å²) in [6.07, 6.45) is -2.00. The summed E-state index contributed by atoms with van der Waals surface area (Å²) in [4.78, 5) is 8.65. The number of ether oxygens (including phenoxy) is 1. The van der Waals surface area contributed by atoms with Crippen LogP contribution in [0.2, 0.25) is 0 Å². The number of anilines is 1. The van der Waals surface area contributed by atoms with Crippen molar-refractivity contribution in [3.8, 4) is 0 Å². The molecule has 0 fully saturated rings. The Morgan fingerprint density at radius 1 is 1.39 bits per heavy atom. The molecule has 1 N–H and O–H groups in total. The molecule has 0 amide bonds. The maximum absolute atomic E-state index is 11.9. The molecule has 102 valence electrons. The first-order chi connectivity index (χ1) is 8.54. The average molecular weight is 371 g/mol. The summed E-state index contributed by atoms with van der Waals surface area (Å²) in [6.45, 7) is 4.32. The second-order valence-electron chi connectivity index (χ2n) is 3.63. The van der Waals surface area contributed by atoms with Crippen molar-refractivity contribution in [1.82, 2.24) is 9.97 Å². The predicted molar refractivity (Wildman–Crippen MR) is 74.2 cm³/mol. The van der Waals surface area contributed by atoms with Crippen LogP contribution < -0.4 is 5.32 Å². The maximum Gasteiger partial charge on any atom is 0.261 e. The van der Waals surface area contributed by atoms with Crippen LogP contribution in [-0.4, -0.2) is 36.2 Å². The van der Waals surface area contributed by atoms with Gasteiger partial charge in [-0.3, -0.25) is 0 Å². The van der Waals surface area contributed by atoms with E-state index < -0.39 is 13.0 Å². The van der Waals surface area contributed by atoms with Gasteiger partial charge in [-0.15, -0.1) is 0 Å². The van der Waals surface area contributed by atoms with E-state index in [-0.39, 0.29) is 6.61 Å². The molecule has 1 rings (SSSR count). The standard InChI is InChI=1S/C11H16F2IN3O/c1-3-15-11-10(14)7(2)16-9(17-11)4-5-18-6-8(12)13/h8H,3-6H2,1-2H3,(H,15,16,17). The Balaban J connectivity index is 2.60. The van der Waals surface area contributed by atoms with Gasteiger partial charge in [-0.2, -0.15) is 0 Å². The van der Waals surface area contributed by atoms with Crippen LogP contribution in [0, 0.1) is 10.5 Å². The van der Waals surface area contributed by atoms with Gasteiger partial charge < -0.3 is 10.1 Å². The number of hydrogen-bond acceptors (Lipinski definition) is 4. The molecule has 4 nitrogen and oxygen atoms in total. The normalized spacial score (nSPS) is 11.0. The number of halogens is 3. The van der Waals surface area contributed by atoms with E-state index in [1.165, 1.54) is 0 Å². The van der Waals surface area contributed by atoms with Crippen LogP contribution in [0.1, 0.15) is 18.4 Å². The lowest BCUT2D eigenvalue weighted by atomic mass is 10.3. The molecule has 1 aromatic heterocycles. The lowest BCUT2D eigenvalue weighted by Gasteiger charge is -2.10. The van der Waals surface area contributed by atoms with Crippen molar-refractivity contribution in [1.29, 1.82) is 0 Å². The number of nitrogens with one attached hydrogen (secondary N) is 1. The fourth-order valence-corrected chi connectivity index (χ4v) is 1.78. The van der Waals surface area contributed by atoms with Gasteiger partial charge in [-0.05, 0) is 36.4 Å². The summed E-state index contributed by atoms with van der Waals surface area (Å²) in [5, 5.41) is 3.15. The first kappa shape index (κ1) is 15.5. The minimum Gasteiger partial charge on any atom is -0.375 e. The van der Waals surface area contributed by atoms with Crippen molar-refractivity contribution in [3.05, 3.63) is 15.1 Å². The van der Waals surface area contributed by atoms with E-state index in [4.69, 9.17) is 4.74 Å². The molecular formula is C11H16F2IN3O. The lowest BCUT2D eigenvalue weighted by Crippen LogP contribution is -2.12. The van der Waals surface area contributed by atoms with Crippen molar-refractivity contribution in [2.75, 3.05) is 25.1 Å². The third-order valence-corrected chi connectivity index (χ3v) is 3.41. The Hall–Kier alpha value is -0.570. The van der Waals surface area contributed by atoms with Crippen LogP contribution in [0.4, 0.5) is 14.6 Å². The maximum atomic E-state index is 11.9. The molecular weight excluding hydrogens is 355 g/mol. The number of hydrogen-bond donors (Lipinski definition) is 1. The van der Waals surface area contributed by atoms with Gasteiger partial charge in [0.25, 0.3) is 6.43 Å². The molecule has 0 radical (unpaired) electrons. The molecule has 1 aromatic rings. The topological polar surface area (TPSA) is 47.0 Å². The van der Waals surface area contributed by atoms with Crippen LogP contribution in [0.3, 0.4) is 0 Å². The summed E-state index contributed by atoms with van der Waals surface area (Å²) in [7, 11) is 0. The quantitative estimate of drug-likeness (QED) is 0.592. The molecule has 0 saturated carbocycles. The van der Waals surface area contributed by atoms with Crippen LogP contribution in [0.25, 0.3) is 0 Å². The zero-order chi connectivity index (χ0) is 13.5.